The highest BCUT2D eigenvalue weighted by Gasteiger charge is 2.24. The Labute approximate surface area is 67.0 Å². The standard InChI is InChI=1S/C6H5NO3S/c8-3-7-5-4(6(9)10)1-2-11-5/h1-4H,(H,9,10). The molecule has 0 radical (unpaired) electrons. The van der Waals surface area contributed by atoms with Gasteiger partial charge >= 0.3 is 5.97 Å². The molecule has 4 nitrogen and oxygen atoms in total. The lowest BCUT2D eigenvalue weighted by Crippen LogP contribution is -2.16. The number of carboxylic acids is 1. The maximum absolute atomic E-state index is 10.4. The number of carbonyl (C=O) groups excluding carboxylic acids is 1. The molecular formula is C6H5NO3S. The van der Waals surface area contributed by atoms with E-state index in [0.717, 1.165) is 11.8 Å². The molecular weight excluding hydrogens is 166 g/mol. The summed E-state index contributed by atoms with van der Waals surface area (Å²) in [5, 5.41) is 10.5. The molecule has 1 N–H and O–H groups in total. The van der Waals surface area contributed by atoms with Crippen LogP contribution < -0.4 is 0 Å². The van der Waals surface area contributed by atoms with Crippen LogP contribution in [0.5, 0.6) is 0 Å². The number of hydrogen-bond acceptors (Lipinski definition) is 3. The van der Waals surface area contributed by atoms with Crippen molar-refractivity contribution in [1.82, 2.24) is 0 Å². The molecule has 0 saturated heterocycles. The van der Waals surface area contributed by atoms with E-state index in [2.05, 4.69) is 4.99 Å². The fourth-order valence-corrected chi connectivity index (χ4v) is 1.50. The van der Waals surface area contributed by atoms with Gasteiger partial charge in [-0.3, -0.25) is 9.59 Å². The van der Waals surface area contributed by atoms with Crippen LogP contribution in [0.1, 0.15) is 0 Å². The van der Waals surface area contributed by atoms with E-state index in [1.807, 2.05) is 0 Å². The minimum absolute atomic E-state index is 0.326. The van der Waals surface area contributed by atoms with Gasteiger partial charge < -0.3 is 5.11 Å². The maximum atomic E-state index is 10.4. The highest BCUT2D eigenvalue weighted by atomic mass is 32.2. The van der Waals surface area contributed by atoms with E-state index in [1.165, 1.54) is 6.08 Å². The third-order valence-corrected chi connectivity index (χ3v) is 2.07. The fourth-order valence-electron chi connectivity index (χ4n) is 0.694. The second-order valence-electron chi connectivity index (χ2n) is 1.84. The molecule has 0 spiro atoms. The molecule has 11 heavy (non-hydrogen) atoms. The van der Waals surface area contributed by atoms with Gasteiger partial charge in [0.1, 0.15) is 5.92 Å². The third kappa shape index (κ3) is 1.68. The summed E-state index contributed by atoms with van der Waals surface area (Å²) in [7, 11) is 0. The van der Waals surface area contributed by atoms with Crippen LogP contribution in [0.3, 0.4) is 0 Å². The van der Waals surface area contributed by atoms with Gasteiger partial charge in [0, 0.05) is 0 Å². The van der Waals surface area contributed by atoms with Gasteiger partial charge in [-0.1, -0.05) is 17.8 Å². The maximum Gasteiger partial charge on any atom is 0.317 e. The first-order valence-corrected chi connectivity index (χ1v) is 3.71. The molecule has 0 fully saturated rings. The lowest BCUT2D eigenvalue weighted by molar-refractivity contribution is -0.137. The average molecular weight is 171 g/mol. The lowest BCUT2D eigenvalue weighted by Gasteiger charge is -1.99. The molecule has 1 aliphatic rings. The van der Waals surface area contributed by atoms with Crippen molar-refractivity contribution in [3.05, 3.63) is 11.5 Å². The SMILES string of the molecule is O=CN=C1SC=CC1C(=O)O. The molecule has 0 saturated carbocycles. The third-order valence-electron chi connectivity index (χ3n) is 1.17. The number of rotatable bonds is 2. The molecule has 0 aliphatic carbocycles. The van der Waals surface area contributed by atoms with E-state index in [4.69, 9.17) is 5.11 Å². The second-order valence-corrected chi connectivity index (χ2v) is 2.76. The first kappa shape index (κ1) is 8.00. The summed E-state index contributed by atoms with van der Waals surface area (Å²) in [5.41, 5.74) is 0. The number of aliphatic imine (C=N–C) groups is 1. The predicted molar refractivity (Wildman–Crippen MR) is 41.4 cm³/mol. The van der Waals surface area contributed by atoms with Crippen molar-refractivity contribution in [2.24, 2.45) is 10.9 Å². The molecule has 58 valence electrons. The summed E-state index contributed by atoms with van der Waals surface area (Å²) in [4.78, 5) is 23.7. The van der Waals surface area contributed by atoms with Gasteiger partial charge in [-0.2, -0.15) is 0 Å². The van der Waals surface area contributed by atoms with Crippen LogP contribution in [0, 0.1) is 5.92 Å². The van der Waals surface area contributed by atoms with Crippen LogP contribution in [0.4, 0.5) is 0 Å². The van der Waals surface area contributed by atoms with Crippen molar-refractivity contribution < 1.29 is 14.7 Å². The van der Waals surface area contributed by atoms with Crippen molar-refractivity contribution in [2.75, 3.05) is 0 Å². The minimum atomic E-state index is -0.980. The van der Waals surface area contributed by atoms with Crippen LogP contribution in [-0.2, 0) is 9.59 Å². The zero-order chi connectivity index (χ0) is 8.27. The largest absolute Gasteiger partial charge is 0.480 e. The smallest absolute Gasteiger partial charge is 0.317 e. The Bertz CT molecular complexity index is 246. The van der Waals surface area contributed by atoms with E-state index in [9.17, 15) is 9.59 Å². The van der Waals surface area contributed by atoms with Gasteiger partial charge in [0.05, 0.1) is 5.04 Å². The molecule has 1 unspecified atom stereocenters. The summed E-state index contributed by atoms with van der Waals surface area (Å²) in [5.74, 6) is -1.71. The monoisotopic (exact) mass is 171 g/mol. The van der Waals surface area contributed by atoms with Crippen LogP contribution in [0.25, 0.3) is 0 Å². The molecule has 1 amide bonds. The van der Waals surface area contributed by atoms with Gasteiger partial charge in [-0.05, 0) is 5.41 Å². The highest BCUT2D eigenvalue weighted by Crippen LogP contribution is 2.23. The number of amides is 1. The van der Waals surface area contributed by atoms with Crippen LogP contribution in [-0.4, -0.2) is 22.5 Å². The quantitative estimate of drug-likeness (QED) is 0.614. The number of carbonyl (C=O) groups is 2. The Kier molecular flexibility index (Phi) is 2.43. The van der Waals surface area contributed by atoms with Crippen LogP contribution >= 0.6 is 11.8 Å². The summed E-state index contributed by atoms with van der Waals surface area (Å²) in [6, 6.07) is 0. The van der Waals surface area contributed by atoms with Crippen LogP contribution in [0.2, 0.25) is 0 Å². The second kappa shape index (κ2) is 3.34. The Morgan fingerprint density at radius 1 is 1.82 bits per heavy atom. The molecule has 1 atom stereocenters. The van der Waals surface area contributed by atoms with E-state index in [1.54, 1.807) is 5.41 Å². The van der Waals surface area contributed by atoms with Gasteiger partial charge in [0.15, 0.2) is 0 Å². The van der Waals surface area contributed by atoms with Gasteiger partial charge in [-0.25, -0.2) is 4.99 Å². The molecule has 0 aromatic carbocycles. The van der Waals surface area contributed by atoms with Crippen molar-refractivity contribution in [3.8, 4) is 0 Å². The van der Waals surface area contributed by atoms with E-state index >= 15 is 0 Å². The van der Waals surface area contributed by atoms with Crippen molar-refractivity contribution in [3.63, 3.8) is 0 Å². The summed E-state index contributed by atoms with van der Waals surface area (Å²) >= 11 is 1.16. The zero-order valence-electron chi connectivity index (χ0n) is 5.43. The van der Waals surface area contributed by atoms with E-state index < -0.39 is 11.9 Å². The Balaban J connectivity index is 2.79. The number of carboxylic acid groups (broad SMARTS) is 1. The van der Waals surface area contributed by atoms with Crippen LogP contribution in [0.15, 0.2) is 16.5 Å². The number of nitrogens with zero attached hydrogens (tertiary/aromatic N) is 1. The fraction of sp³-hybridized carbons (Fsp3) is 0.167. The summed E-state index contributed by atoms with van der Waals surface area (Å²) in [6.07, 6.45) is 1.85. The topological polar surface area (TPSA) is 66.7 Å². The Hall–Kier alpha value is -1.10. The summed E-state index contributed by atoms with van der Waals surface area (Å²) in [6.45, 7) is 0. The van der Waals surface area contributed by atoms with E-state index in [0.29, 0.717) is 11.5 Å². The lowest BCUT2D eigenvalue weighted by atomic mass is 10.2. The number of hydrogen-bond donors (Lipinski definition) is 1. The molecule has 1 rings (SSSR count). The first-order valence-electron chi connectivity index (χ1n) is 2.83. The van der Waals surface area contributed by atoms with Crippen molar-refractivity contribution in [2.45, 2.75) is 0 Å². The summed E-state index contributed by atoms with van der Waals surface area (Å²) < 4.78 is 0. The minimum Gasteiger partial charge on any atom is -0.480 e. The van der Waals surface area contributed by atoms with E-state index in [-0.39, 0.29) is 0 Å². The molecule has 0 aromatic rings. The van der Waals surface area contributed by atoms with Gasteiger partial charge in [0.2, 0.25) is 6.41 Å². The molecule has 1 heterocycles. The normalized spacial score (nSPS) is 25.8. The highest BCUT2D eigenvalue weighted by molar-refractivity contribution is 8.16. The van der Waals surface area contributed by atoms with Crippen molar-refractivity contribution >= 4 is 29.2 Å². The zero-order valence-corrected chi connectivity index (χ0v) is 6.25. The molecule has 5 heteroatoms. The first-order chi connectivity index (χ1) is 5.25. The average Bonchev–Trinajstić information content (AvgIpc) is 2.36. The van der Waals surface area contributed by atoms with Crippen molar-refractivity contribution in [1.29, 1.82) is 0 Å². The van der Waals surface area contributed by atoms with Gasteiger partial charge in [-0.15, -0.1) is 0 Å². The Morgan fingerprint density at radius 2 is 2.55 bits per heavy atom. The van der Waals surface area contributed by atoms with Gasteiger partial charge in [0.25, 0.3) is 0 Å². The molecule has 0 aromatic heterocycles. The Morgan fingerprint density at radius 3 is 3.09 bits per heavy atom. The number of aliphatic carboxylic acids is 1. The number of thioether (sulfide) groups is 1. The predicted octanol–water partition coefficient (Wildman–Crippen LogP) is 0.503. The molecule has 1 aliphatic heterocycles. The molecule has 0 bridgehead atoms.